The average molecular weight is 296 g/mol. The fraction of sp³-hybridized carbons (Fsp3) is 0.294. The van der Waals surface area contributed by atoms with Crippen molar-refractivity contribution in [2.45, 2.75) is 19.6 Å². The molecule has 0 radical (unpaired) electrons. The van der Waals surface area contributed by atoms with Gasteiger partial charge in [-0.1, -0.05) is 18.2 Å². The van der Waals surface area contributed by atoms with Crippen molar-refractivity contribution in [2.24, 2.45) is 0 Å². The largest absolute Gasteiger partial charge is 0.348 e. The smallest absolute Gasteiger partial charge is 0.266 e. The first-order valence-electron chi connectivity index (χ1n) is 7.16. The van der Waals surface area contributed by atoms with E-state index in [0.717, 1.165) is 23.2 Å². The van der Waals surface area contributed by atoms with Crippen molar-refractivity contribution in [3.8, 4) is 17.2 Å². The van der Waals surface area contributed by atoms with Crippen molar-refractivity contribution in [2.75, 3.05) is 13.2 Å². The highest BCUT2D eigenvalue weighted by atomic mass is 16.7. The molecule has 1 N–H and O–H groups in total. The second-order valence-corrected chi connectivity index (χ2v) is 5.23. The van der Waals surface area contributed by atoms with Gasteiger partial charge in [-0.2, -0.15) is 5.26 Å². The molecule has 1 aliphatic heterocycles. The van der Waals surface area contributed by atoms with Gasteiger partial charge in [-0.3, -0.25) is 4.79 Å². The van der Waals surface area contributed by atoms with Crippen LogP contribution in [0.15, 0.2) is 35.1 Å². The predicted octanol–water partition coefficient (Wildman–Crippen LogP) is 2.66. The predicted molar refractivity (Wildman–Crippen MR) is 81.2 cm³/mol. The molecule has 3 rings (SSSR count). The maximum atomic E-state index is 11.9. The van der Waals surface area contributed by atoms with Gasteiger partial charge in [-0.15, -0.1) is 0 Å². The molecule has 22 heavy (non-hydrogen) atoms. The summed E-state index contributed by atoms with van der Waals surface area (Å²) < 4.78 is 11.2. The third-order valence-corrected chi connectivity index (χ3v) is 3.58. The summed E-state index contributed by atoms with van der Waals surface area (Å²) >= 11 is 0. The molecule has 5 heteroatoms. The van der Waals surface area contributed by atoms with Gasteiger partial charge < -0.3 is 14.5 Å². The lowest BCUT2D eigenvalue weighted by atomic mass is 9.99. The number of aromatic amines is 1. The summed E-state index contributed by atoms with van der Waals surface area (Å²) in [6.07, 6.45) is 0.504. The number of aryl methyl sites for hydroxylation is 1. The first-order valence-corrected chi connectivity index (χ1v) is 7.16. The Hall–Kier alpha value is -2.42. The number of nitrogens with one attached hydrogen (secondary N) is 1. The Morgan fingerprint density at radius 3 is 2.77 bits per heavy atom. The standard InChI is InChI=1S/C17H16N2O3/c1-11-8-14(15(10-18)16(20)19-11)12-4-2-5-13(9-12)17-21-6-3-7-22-17/h2,4-5,8-9,17H,3,6-7H2,1H3,(H,19,20). The quantitative estimate of drug-likeness (QED) is 0.924. The van der Waals surface area contributed by atoms with E-state index < -0.39 is 0 Å². The van der Waals surface area contributed by atoms with E-state index >= 15 is 0 Å². The van der Waals surface area contributed by atoms with E-state index in [4.69, 9.17) is 9.47 Å². The van der Waals surface area contributed by atoms with E-state index in [1.54, 1.807) is 6.92 Å². The molecule has 1 saturated heterocycles. The van der Waals surface area contributed by atoms with Crippen LogP contribution in [0.4, 0.5) is 0 Å². The van der Waals surface area contributed by atoms with Gasteiger partial charge >= 0.3 is 0 Å². The summed E-state index contributed by atoms with van der Waals surface area (Å²) in [4.78, 5) is 14.6. The molecular formula is C17H16N2O3. The molecule has 2 heterocycles. The normalized spacial score (nSPS) is 15.5. The zero-order chi connectivity index (χ0) is 15.5. The minimum Gasteiger partial charge on any atom is -0.348 e. The van der Waals surface area contributed by atoms with Gasteiger partial charge in [0, 0.05) is 16.8 Å². The maximum absolute atomic E-state index is 11.9. The molecule has 0 amide bonds. The monoisotopic (exact) mass is 296 g/mol. The van der Waals surface area contributed by atoms with Gasteiger partial charge in [0.1, 0.15) is 11.6 Å². The van der Waals surface area contributed by atoms with Crippen LogP contribution in [0.3, 0.4) is 0 Å². The number of rotatable bonds is 2. The summed E-state index contributed by atoms with van der Waals surface area (Å²) in [5.41, 5.74) is 2.79. The number of pyridine rings is 1. The van der Waals surface area contributed by atoms with Crippen LogP contribution in [0.5, 0.6) is 0 Å². The van der Waals surface area contributed by atoms with Crippen molar-refractivity contribution in [3.05, 3.63) is 57.5 Å². The summed E-state index contributed by atoms with van der Waals surface area (Å²) in [5, 5.41) is 9.25. The number of hydrogen-bond donors (Lipinski definition) is 1. The Kier molecular flexibility index (Phi) is 4.05. The second-order valence-electron chi connectivity index (χ2n) is 5.23. The van der Waals surface area contributed by atoms with Crippen LogP contribution in [0.2, 0.25) is 0 Å². The molecule has 1 aromatic heterocycles. The number of hydrogen-bond acceptors (Lipinski definition) is 4. The van der Waals surface area contributed by atoms with Gasteiger partial charge in [0.05, 0.1) is 13.2 Å². The van der Waals surface area contributed by atoms with Crippen molar-refractivity contribution >= 4 is 0 Å². The third kappa shape index (κ3) is 2.80. The minimum atomic E-state index is -0.387. The number of nitriles is 1. The van der Waals surface area contributed by atoms with Gasteiger partial charge in [0.2, 0.25) is 0 Å². The lowest BCUT2D eigenvalue weighted by Crippen LogP contribution is -2.17. The molecule has 2 aromatic rings. The molecule has 1 aromatic carbocycles. The fourth-order valence-electron chi connectivity index (χ4n) is 2.56. The topological polar surface area (TPSA) is 75.1 Å². The van der Waals surface area contributed by atoms with Crippen molar-refractivity contribution < 1.29 is 9.47 Å². The number of H-pyrrole nitrogens is 1. The Morgan fingerprint density at radius 2 is 2.05 bits per heavy atom. The van der Waals surface area contributed by atoms with E-state index in [2.05, 4.69) is 4.98 Å². The molecule has 0 saturated carbocycles. The van der Waals surface area contributed by atoms with Crippen molar-refractivity contribution in [1.82, 2.24) is 4.98 Å². The average Bonchev–Trinajstić information content (AvgIpc) is 2.55. The zero-order valence-corrected chi connectivity index (χ0v) is 12.3. The zero-order valence-electron chi connectivity index (χ0n) is 12.3. The van der Waals surface area contributed by atoms with Crippen LogP contribution in [0.25, 0.3) is 11.1 Å². The first kappa shape index (κ1) is 14.5. The van der Waals surface area contributed by atoms with Gasteiger partial charge in [0.15, 0.2) is 6.29 Å². The summed E-state index contributed by atoms with van der Waals surface area (Å²) in [6, 6.07) is 11.4. The lowest BCUT2D eigenvalue weighted by Gasteiger charge is -2.23. The van der Waals surface area contributed by atoms with Crippen LogP contribution < -0.4 is 5.56 Å². The third-order valence-electron chi connectivity index (χ3n) is 3.58. The Labute approximate surface area is 128 Å². The molecule has 0 spiro atoms. The van der Waals surface area contributed by atoms with Crippen LogP contribution in [-0.4, -0.2) is 18.2 Å². The Bertz CT molecular complexity index is 783. The first-order chi connectivity index (χ1) is 10.7. The maximum Gasteiger partial charge on any atom is 0.266 e. The highest BCUT2D eigenvalue weighted by Crippen LogP contribution is 2.28. The molecular weight excluding hydrogens is 280 g/mol. The summed E-state index contributed by atoms with van der Waals surface area (Å²) in [5.74, 6) is 0. The number of ether oxygens (including phenoxy) is 2. The van der Waals surface area contributed by atoms with Crippen LogP contribution in [-0.2, 0) is 9.47 Å². The molecule has 0 bridgehead atoms. The van der Waals surface area contributed by atoms with E-state index in [1.165, 1.54) is 0 Å². The van der Waals surface area contributed by atoms with Crippen molar-refractivity contribution in [3.63, 3.8) is 0 Å². The molecule has 0 aliphatic carbocycles. The number of nitrogens with zero attached hydrogens (tertiary/aromatic N) is 1. The van der Waals surface area contributed by atoms with E-state index in [0.29, 0.717) is 18.8 Å². The summed E-state index contributed by atoms with van der Waals surface area (Å²) in [6.45, 7) is 3.13. The minimum absolute atomic E-state index is 0.119. The number of benzene rings is 1. The Morgan fingerprint density at radius 1 is 1.27 bits per heavy atom. The van der Waals surface area contributed by atoms with Crippen LogP contribution in [0.1, 0.15) is 29.5 Å². The molecule has 1 fully saturated rings. The lowest BCUT2D eigenvalue weighted by molar-refractivity contribution is -0.183. The van der Waals surface area contributed by atoms with E-state index in [-0.39, 0.29) is 17.4 Å². The van der Waals surface area contributed by atoms with Crippen molar-refractivity contribution in [1.29, 1.82) is 5.26 Å². The molecule has 112 valence electrons. The highest BCUT2D eigenvalue weighted by Gasteiger charge is 2.18. The van der Waals surface area contributed by atoms with Crippen LogP contribution in [0, 0.1) is 18.3 Å². The van der Waals surface area contributed by atoms with Gasteiger partial charge in [0.25, 0.3) is 5.56 Å². The highest BCUT2D eigenvalue weighted by molar-refractivity contribution is 5.70. The Balaban J connectivity index is 2.06. The van der Waals surface area contributed by atoms with Gasteiger partial charge in [-0.05, 0) is 31.0 Å². The van der Waals surface area contributed by atoms with Crippen LogP contribution >= 0.6 is 0 Å². The molecule has 1 aliphatic rings. The molecule has 0 unspecified atom stereocenters. The van der Waals surface area contributed by atoms with E-state index in [1.807, 2.05) is 36.4 Å². The van der Waals surface area contributed by atoms with Gasteiger partial charge in [-0.25, -0.2) is 0 Å². The van der Waals surface area contributed by atoms with E-state index in [9.17, 15) is 10.1 Å². The summed E-state index contributed by atoms with van der Waals surface area (Å²) in [7, 11) is 0. The number of aromatic nitrogens is 1. The second kappa shape index (κ2) is 6.14. The molecule has 5 nitrogen and oxygen atoms in total. The molecule has 0 atom stereocenters. The SMILES string of the molecule is Cc1cc(-c2cccc(C3OCCCO3)c2)c(C#N)c(=O)[nH]1. The fourth-order valence-corrected chi connectivity index (χ4v) is 2.56.